The minimum atomic E-state index is -0.854. The van der Waals surface area contributed by atoms with Gasteiger partial charge in [-0.15, -0.1) is 0 Å². The predicted molar refractivity (Wildman–Crippen MR) is 105 cm³/mol. The first-order valence-electron chi connectivity index (χ1n) is 9.68. The number of carbonyl (C=O) groups excluding carboxylic acids is 1. The summed E-state index contributed by atoms with van der Waals surface area (Å²) in [6, 6.07) is 9.41. The third-order valence-electron chi connectivity index (χ3n) is 4.95. The van der Waals surface area contributed by atoms with Crippen LogP contribution in [0.5, 0.6) is 0 Å². The second kappa shape index (κ2) is 9.74. The molecule has 0 aliphatic carbocycles. The molecular formula is C21H32N2O4. The molecule has 1 aromatic rings. The van der Waals surface area contributed by atoms with E-state index in [2.05, 4.69) is 31.4 Å². The highest BCUT2D eigenvalue weighted by atomic mass is 16.5. The number of ether oxygens (including phenoxy) is 1. The van der Waals surface area contributed by atoms with Gasteiger partial charge in [0, 0.05) is 25.1 Å². The van der Waals surface area contributed by atoms with Gasteiger partial charge in [-0.3, -0.25) is 4.79 Å². The molecule has 2 rings (SSSR count). The summed E-state index contributed by atoms with van der Waals surface area (Å²) in [4.78, 5) is 23.4. The van der Waals surface area contributed by atoms with E-state index in [4.69, 9.17) is 9.84 Å². The summed E-state index contributed by atoms with van der Waals surface area (Å²) >= 11 is 0. The van der Waals surface area contributed by atoms with Crippen molar-refractivity contribution in [3.63, 3.8) is 0 Å². The van der Waals surface area contributed by atoms with Crippen molar-refractivity contribution in [1.82, 2.24) is 10.6 Å². The normalized spacial score (nSPS) is 21.3. The fourth-order valence-corrected chi connectivity index (χ4v) is 3.37. The molecule has 6 nitrogen and oxygen atoms in total. The molecule has 0 saturated carbocycles. The van der Waals surface area contributed by atoms with Crippen LogP contribution in [0.25, 0.3) is 0 Å². The number of aliphatic carboxylic acids is 1. The van der Waals surface area contributed by atoms with Gasteiger partial charge in [0.25, 0.3) is 0 Å². The Balaban J connectivity index is 1.91. The van der Waals surface area contributed by atoms with Crippen LogP contribution in [-0.4, -0.2) is 41.9 Å². The van der Waals surface area contributed by atoms with Crippen LogP contribution >= 0.6 is 0 Å². The van der Waals surface area contributed by atoms with Gasteiger partial charge in [-0.1, -0.05) is 51.1 Å². The van der Waals surface area contributed by atoms with Crippen LogP contribution in [0.3, 0.4) is 0 Å². The van der Waals surface area contributed by atoms with Gasteiger partial charge in [0.2, 0.25) is 0 Å². The van der Waals surface area contributed by atoms with Crippen molar-refractivity contribution in [2.75, 3.05) is 6.61 Å². The van der Waals surface area contributed by atoms with Gasteiger partial charge in [0.15, 0.2) is 0 Å². The van der Waals surface area contributed by atoms with Crippen molar-refractivity contribution < 1.29 is 19.4 Å². The van der Waals surface area contributed by atoms with Crippen LogP contribution in [0.2, 0.25) is 0 Å². The molecule has 1 heterocycles. The molecule has 6 heteroatoms. The average molecular weight is 376 g/mol. The maximum Gasteiger partial charge on any atom is 0.315 e. The average Bonchev–Trinajstić information content (AvgIpc) is 2.60. The number of carboxylic acids is 1. The molecule has 1 fully saturated rings. The monoisotopic (exact) mass is 376 g/mol. The molecule has 1 saturated heterocycles. The molecule has 150 valence electrons. The van der Waals surface area contributed by atoms with E-state index in [0.29, 0.717) is 19.4 Å². The summed E-state index contributed by atoms with van der Waals surface area (Å²) in [6.45, 7) is 7.06. The smallest absolute Gasteiger partial charge is 0.315 e. The van der Waals surface area contributed by atoms with E-state index in [1.54, 1.807) is 0 Å². The van der Waals surface area contributed by atoms with E-state index in [1.807, 2.05) is 30.3 Å². The van der Waals surface area contributed by atoms with Gasteiger partial charge in [0.05, 0.1) is 6.10 Å². The highest BCUT2D eigenvalue weighted by Gasteiger charge is 2.32. The predicted octanol–water partition coefficient (Wildman–Crippen LogP) is 3.36. The molecule has 1 aliphatic rings. The highest BCUT2D eigenvalue weighted by molar-refractivity contribution is 5.74. The fraction of sp³-hybridized carbons (Fsp3) is 0.619. The first-order chi connectivity index (χ1) is 12.7. The lowest BCUT2D eigenvalue weighted by Gasteiger charge is -2.38. The third kappa shape index (κ3) is 7.59. The Kier molecular flexibility index (Phi) is 7.66. The van der Waals surface area contributed by atoms with E-state index in [-0.39, 0.29) is 36.1 Å². The molecule has 0 spiro atoms. The van der Waals surface area contributed by atoms with Crippen molar-refractivity contribution in [1.29, 1.82) is 0 Å². The fourth-order valence-electron chi connectivity index (χ4n) is 3.37. The second-order valence-electron chi connectivity index (χ2n) is 8.38. The molecule has 0 aromatic heterocycles. The zero-order valence-electron chi connectivity index (χ0n) is 16.5. The topological polar surface area (TPSA) is 87.7 Å². The quantitative estimate of drug-likeness (QED) is 0.681. The zero-order valence-corrected chi connectivity index (χ0v) is 16.5. The highest BCUT2D eigenvalue weighted by Crippen LogP contribution is 2.29. The maximum atomic E-state index is 12.5. The SMILES string of the molecule is CC(C)(C)C1CC(NC(=O)NC(CCC(=O)O)Cc2ccccc2)CCO1. The number of hydrogen-bond acceptors (Lipinski definition) is 3. The molecule has 1 aliphatic heterocycles. The van der Waals surface area contributed by atoms with Crippen LogP contribution in [0, 0.1) is 5.41 Å². The van der Waals surface area contributed by atoms with E-state index < -0.39 is 5.97 Å². The lowest BCUT2D eigenvalue weighted by molar-refractivity contribution is -0.137. The number of benzene rings is 1. The first kappa shape index (κ1) is 21.2. The van der Waals surface area contributed by atoms with Crippen molar-refractivity contribution in [3.05, 3.63) is 35.9 Å². The van der Waals surface area contributed by atoms with Crippen LogP contribution < -0.4 is 10.6 Å². The standard InChI is InChI=1S/C21H32N2O4/c1-21(2,3)18-14-17(11-12-27-18)23-20(26)22-16(9-10-19(24)25)13-15-7-5-4-6-8-15/h4-8,16-18H,9-14H2,1-3H3,(H,24,25)(H2,22,23,26). The Bertz CT molecular complexity index is 612. The van der Waals surface area contributed by atoms with Crippen LogP contribution in [0.1, 0.15) is 52.0 Å². The molecule has 3 atom stereocenters. The Labute approximate surface area is 161 Å². The number of nitrogens with one attached hydrogen (secondary N) is 2. The Morgan fingerprint density at radius 3 is 2.59 bits per heavy atom. The summed E-state index contributed by atoms with van der Waals surface area (Å²) in [6.07, 6.45) is 2.73. The molecule has 0 bridgehead atoms. The van der Waals surface area contributed by atoms with E-state index in [9.17, 15) is 9.59 Å². The third-order valence-corrected chi connectivity index (χ3v) is 4.95. The van der Waals surface area contributed by atoms with Gasteiger partial charge in [0.1, 0.15) is 0 Å². The van der Waals surface area contributed by atoms with Gasteiger partial charge in [-0.25, -0.2) is 4.79 Å². The number of carboxylic acid groups (broad SMARTS) is 1. The number of rotatable bonds is 7. The Morgan fingerprint density at radius 2 is 1.96 bits per heavy atom. The summed E-state index contributed by atoms with van der Waals surface area (Å²) < 4.78 is 5.84. The summed E-state index contributed by atoms with van der Waals surface area (Å²) in [5.41, 5.74) is 1.11. The Morgan fingerprint density at radius 1 is 1.26 bits per heavy atom. The first-order valence-corrected chi connectivity index (χ1v) is 9.68. The van der Waals surface area contributed by atoms with E-state index in [1.165, 1.54) is 0 Å². The van der Waals surface area contributed by atoms with Crippen molar-refractivity contribution in [2.45, 2.75) is 71.1 Å². The summed E-state index contributed by atoms with van der Waals surface area (Å²) in [5, 5.41) is 15.0. The molecule has 27 heavy (non-hydrogen) atoms. The van der Waals surface area contributed by atoms with Gasteiger partial charge in [-0.05, 0) is 36.7 Å². The van der Waals surface area contributed by atoms with Crippen molar-refractivity contribution >= 4 is 12.0 Å². The zero-order chi connectivity index (χ0) is 19.9. The molecule has 3 unspecified atom stereocenters. The number of carbonyl (C=O) groups is 2. The summed E-state index contributed by atoms with van der Waals surface area (Å²) in [5.74, 6) is -0.854. The molecular weight excluding hydrogens is 344 g/mol. The minimum absolute atomic E-state index is 0.0289. The minimum Gasteiger partial charge on any atom is -0.481 e. The lowest BCUT2D eigenvalue weighted by Crippen LogP contribution is -2.51. The van der Waals surface area contributed by atoms with Crippen LogP contribution in [0.4, 0.5) is 4.79 Å². The molecule has 0 radical (unpaired) electrons. The largest absolute Gasteiger partial charge is 0.481 e. The van der Waals surface area contributed by atoms with Crippen molar-refractivity contribution in [3.8, 4) is 0 Å². The maximum absolute atomic E-state index is 12.5. The second-order valence-corrected chi connectivity index (χ2v) is 8.38. The number of urea groups is 1. The van der Waals surface area contributed by atoms with Gasteiger partial charge < -0.3 is 20.5 Å². The van der Waals surface area contributed by atoms with Gasteiger partial charge in [-0.2, -0.15) is 0 Å². The van der Waals surface area contributed by atoms with Crippen LogP contribution in [-0.2, 0) is 16.0 Å². The van der Waals surface area contributed by atoms with Gasteiger partial charge >= 0.3 is 12.0 Å². The number of amides is 2. The van der Waals surface area contributed by atoms with E-state index >= 15 is 0 Å². The lowest BCUT2D eigenvalue weighted by atomic mass is 9.83. The van der Waals surface area contributed by atoms with E-state index in [0.717, 1.165) is 18.4 Å². The van der Waals surface area contributed by atoms with Crippen LogP contribution in [0.15, 0.2) is 30.3 Å². The molecule has 3 N–H and O–H groups in total. The number of hydrogen-bond donors (Lipinski definition) is 3. The molecule has 1 aromatic carbocycles. The Hall–Kier alpha value is -2.08. The summed E-state index contributed by atoms with van der Waals surface area (Å²) in [7, 11) is 0. The van der Waals surface area contributed by atoms with Crippen molar-refractivity contribution in [2.24, 2.45) is 5.41 Å². The molecule has 2 amide bonds.